The Balaban J connectivity index is 2.81. The van der Waals surface area contributed by atoms with E-state index in [4.69, 9.17) is 10.4 Å². The lowest BCUT2D eigenvalue weighted by Gasteiger charge is -2.23. The minimum Gasteiger partial charge on any atom is -0.396 e. The van der Waals surface area contributed by atoms with E-state index in [1.165, 1.54) is 0 Å². The summed E-state index contributed by atoms with van der Waals surface area (Å²) in [5, 5.41) is 21.3. The predicted octanol–water partition coefficient (Wildman–Crippen LogP) is 2.30. The highest BCUT2D eigenvalue weighted by atomic mass is 16.3. The van der Waals surface area contributed by atoms with Crippen molar-refractivity contribution in [1.29, 1.82) is 5.26 Å². The predicted molar refractivity (Wildman–Crippen MR) is 65.3 cm³/mol. The molecule has 2 N–H and O–H groups in total. The van der Waals surface area contributed by atoms with Crippen molar-refractivity contribution in [2.45, 2.75) is 20.8 Å². The van der Waals surface area contributed by atoms with Crippen LogP contribution >= 0.6 is 0 Å². The first kappa shape index (κ1) is 12.5. The average Bonchev–Trinajstić information content (AvgIpc) is 2.27. The van der Waals surface area contributed by atoms with Crippen LogP contribution in [0.15, 0.2) is 18.2 Å². The third kappa shape index (κ3) is 3.25. The minimum absolute atomic E-state index is 0.119. The van der Waals surface area contributed by atoms with Crippen molar-refractivity contribution in [3.8, 4) is 6.07 Å². The average molecular weight is 218 g/mol. The summed E-state index contributed by atoms with van der Waals surface area (Å²) in [6, 6.07) is 7.83. The summed E-state index contributed by atoms with van der Waals surface area (Å²) >= 11 is 0. The molecule has 0 aliphatic heterocycles. The topological polar surface area (TPSA) is 56.0 Å². The number of aliphatic hydroxyl groups is 1. The van der Waals surface area contributed by atoms with Crippen molar-refractivity contribution in [1.82, 2.24) is 0 Å². The van der Waals surface area contributed by atoms with E-state index in [0.29, 0.717) is 12.1 Å². The number of hydrogen-bond acceptors (Lipinski definition) is 3. The molecular weight excluding hydrogens is 200 g/mol. The molecular formula is C13H18N2O. The van der Waals surface area contributed by atoms with Gasteiger partial charge in [-0.1, -0.05) is 19.9 Å². The Morgan fingerprint density at radius 2 is 2.12 bits per heavy atom. The number of nitrogens with zero attached hydrogens (tertiary/aromatic N) is 1. The Labute approximate surface area is 96.7 Å². The van der Waals surface area contributed by atoms with Gasteiger partial charge in [-0.2, -0.15) is 5.26 Å². The molecule has 0 aliphatic carbocycles. The molecule has 3 nitrogen and oxygen atoms in total. The Bertz CT molecular complexity index is 405. The van der Waals surface area contributed by atoms with Gasteiger partial charge in [0.25, 0.3) is 0 Å². The van der Waals surface area contributed by atoms with Crippen molar-refractivity contribution in [2.75, 3.05) is 18.5 Å². The zero-order valence-electron chi connectivity index (χ0n) is 10.0. The molecule has 0 saturated carbocycles. The van der Waals surface area contributed by atoms with E-state index < -0.39 is 0 Å². The standard InChI is InChI=1S/C13H18N2O/c1-10-4-5-11(7-14)12(6-10)15-8-13(2,3)9-16/h4-6,15-16H,8-9H2,1-3H3. The van der Waals surface area contributed by atoms with Gasteiger partial charge < -0.3 is 10.4 Å². The van der Waals surface area contributed by atoms with E-state index in [0.717, 1.165) is 11.3 Å². The lowest BCUT2D eigenvalue weighted by Crippen LogP contribution is -2.27. The number of aliphatic hydroxyl groups excluding tert-OH is 1. The maximum Gasteiger partial charge on any atom is 0.101 e. The van der Waals surface area contributed by atoms with E-state index in [1.807, 2.05) is 39.0 Å². The fourth-order valence-corrected chi connectivity index (χ4v) is 1.29. The summed E-state index contributed by atoms with van der Waals surface area (Å²) in [4.78, 5) is 0. The van der Waals surface area contributed by atoms with E-state index in [2.05, 4.69) is 11.4 Å². The van der Waals surface area contributed by atoms with Crippen LogP contribution < -0.4 is 5.32 Å². The van der Waals surface area contributed by atoms with Gasteiger partial charge in [-0.25, -0.2) is 0 Å². The molecule has 0 atom stereocenters. The fourth-order valence-electron chi connectivity index (χ4n) is 1.29. The zero-order chi connectivity index (χ0) is 12.2. The fraction of sp³-hybridized carbons (Fsp3) is 0.462. The largest absolute Gasteiger partial charge is 0.396 e. The summed E-state index contributed by atoms with van der Waals surface area (Å²) in [6.45, 7) is 6.70. The van der Waals surface area contributed by atoms with Crippen LogP contribution in [-0.4, -0.2) is 18.3 Å². The monoisotopic (exact) mass is 218 g/mol. The van der Waals surface area contributed by atoms with E-state index in [-0.39, 0.29) is 12.0 Å². The molecule has 0 saturated heterocycles. The van der Waals surface area contributed by atoms with Gasteiger partial charge in [0.05, 0.1) is 11.3 Å². The molecule has 0 bridgehead atoms. The molecule has 1 aromatic carbocycles. The van der Waals surface area contributed by atoms with Crippen LogP contribution in [0.3, 0.4) is 0 Å². The Hall–Kier alpha value is -1.53. The molecule has 1 rings (SSSR count). The van der Waals surface area contributed by atoms with E-state index >= 15 is 0 Å². The van der Waals surface area contributed by atoms with Crippen LogP contribution in [0.4, 0.5) is 5.69 Å². The third-order valence-electron chi connectivity index (χ3n) is 2.48. The SMILES string of the molecule is Cc1ccc(C#N)c(NCC(C)(C)CO)c1. The number of benzene rings is 1. The van der Waals surface area contributed by atoms with E-state index in [1.54, 1.807) is 0 Å². The Kier molecular flexibility index (Phi) is 3.92. The molecule has 0 amide bonds. The van der Waals surface area contributed by atoms with Gasteiger partial charge in [-0.05, 0) is 24.6 Å². The van der Waals surface area contributed by atoms with Crippen molar-refractivity contribution in [2.24, 2.45) is 5.41 Å². The molecule has 0 aromatic heterocycles. The van der Waals surface area contributed by atoms with Crippen LogP contribution in [0.1, 0.15) is 25.0 Å². The Morgan fingerprint density at radius 3 is 2.69 bits per heavy atom. The normalized spacial score (nSPS) is 10.9. The number of nitrogens with one attached hydrogen (secondary N) is 1. The molecule has 3 heteroatoms. The number of anilines is 1. The quantitative estimate of drug-likeness (QED) is 0.815. The lowest BCUT2D eigenvalue weighted by molar-refractivity contribution is 0.171. The molecule has 0 fully saturated rings. The van der Waals surface area contributed by atoms with Crippen molar-refractivity contribution < 1.29 is 5.11 Å². The second-order valence-corrected chi connectivity index (χ2v) is 4.84. The highest BCUT2D eigenvalue weighted by Crippen LogP contribution is 2.20. The molecule has 1 aromatic rings. The molecule has 86 valence electrons. The molecule has 0 heterocycles. The molecule has 0 unspecified atom stereocenters. The first-order chi connectivity index (χ1) is 7.48. The molecule has 16 heavy (non-hydrogen) atoms. The second kappa shape index (κ2) is 5.00. The van der Waals surface area contributed by atoms with Gasteiger partial charge in [0.2, 0.25) is 0 Å². The lowest BCUT2D eigenvalue weighted by atomic mass is 9.94. The number of hydrogen-bond donors (Lipinski definition) is 2. The second-order valence-electron chi connectivity index (χ2n) is 4.84. The zero-order valence-corrected chi connectivity index (χ0v) is 10.0. The van der Waals surface area contributed by atoms with E-state index in [9.17, 15) is 0 Å². The van der Waals surface area contributed by atoms with Crippen LogP contribution in [0.5, 0.6) is 0 Å². The van der Waals surface area contributed by atoms with Gasteiger partial charge in [0.15, 0.2) is 0 Å². The maximum absolute atomic E-state index is 9.15. The smallest absolute Gasteiger partial charge is 0.101 e. The number of aryl methyl sites for hydroxylation is 1. The molecule has 0 spiro atoms. The molecule has 0 radical (unpaired) electrons. The van der Waals surface area contributed by atoms with Crippen molar-refractivity contribution in [3.63, 3.8) is 0 Å². The summed E-state index contributed by atoms with van der Waals surface area (Å²) in [6.07, 6.45) is 0. The van der Waals surface area contributed by atoms with Crippen LogP contribution in [0.2, 0.25) is 0 Å². The first-order valence-corrected chi connectivity index (χ1v) is 5.34. The van der Waals surface area contributed by atoms with Gasteiger partial charge >= 0.3 is 0 Å². The summed E-state index contributed by atoms with van der Waals surface area (Å²) in [5.41, 5.74) is 2.41. The highest BCUT2D eigenvalue weighted by molar-refractivity contribution is 5.58. The third-order valence-corrected chi connectivity index (χ3v) is 2.48. The highest BCUT2D eigenvalue weighted by Gasteiger charge is 2.16. The van der Waals surface area contributed by atoms with Crippen molar-refractivity contribution >= 4 is 5.69 Å². The summed E-state index contributed by atoms with van der Waals surface area (Å²) in [7, 11) is 0. The van der Waals surface area contributed by atoms with Gasteiger partial charge in [0.1, 0.15) is 6.07 Å². The number of rotatable bonds is 4. The minimum atomic E-state index is -0.184. The maximum atomic E-state index is 9.15. The number of nitriles is 1. The van der Waals surface area contributed by atoms with Crippen LogP contribution in [0, 0.1) is 23.7 Å². The first-order valence-electron chi connectivity index (χ1n) is 5.34. The van der Waals surface area contributed by atoms with Crippen LogP contribution in [-0.2, 0) is 0 Å². The summed E-state index contributed by atoms with van der Waals surface area (Å²) in [5.74, 6) is 0. The van der Waals surface area contributed by atoms with Gasteiger partial charge in [0, 0.05) is 18.6 Å². The molecule has 0 aliphatic rings. The van der Waals surface area contributed by atoms with Gasteiger partial charge in [-0.3, -0.25) is 0 Å². The van der Waals surface area contributed by atoms with Crippen LogP contribution in [0.25, 0.3) is 0 Å². The van der Waals surface area contributed by atoms with Gasteiger partial charge in [-0.15, -0.1) is 0 Å². The Morgan fingerprint density at radius 1 is 1.44 bits per heavy atom. The summed E-state index contributed by atoms with van der Waals surface area (Å²) < 4.78 is 0. The van der Waals surface area contributed by atoms with Crippen molar-refractivity contribution in [3.05, 3.63) is 29.3 Å².